The molecule has 5 heteroatoms. The summed E-state index contributed by atoms with van der Waals surface area (Å²) in [5.74, 6) is -1.17. The first-order chi connectivity index (χ1) is 12.0. The molecule has 0 aromatic carbocycles. The molecule has 25 heavy (non-hydrogen) atoms. The van der Waals surface area contributed by atoms with Crippen molar-refractivity contribution < 1.29 is 19.1 Å². The summed E-state index contributed by atoms with van der Waals surface area (Å²) in [4.78, 5) is 39.8. The Morgan fingerprint density at radius 3 is 2.16 bits per heavy atom. The number of esters is 1. The molecule has 2 aliphatic carbocycles. The number of allylic oxidation sites excluding steroid dienone is 2. The Morgan fingerprint density at radius 2 is 1.64 bits per heavy atom. The summed E-state index contributed by atoms with van der Waals surface area (Å²) in [5.41, 5.74) is 0. The van der Waals surface area contributed by atoms with Crippen molar-refractivity contribution in [3.8, 4) is 0 Å². The highest BCUT2D eigenvalue weighted by Crippen LogP contribution is 2.37. The molecule has 2 fully saturated rings. The molecule has 3 rings (SSSR count). The normalized spacial score (nSPS) is 28.4. The van der Waals surface area contributed by atoms with Crippen molar-refractivity contribution in [3.05, 3.63) is 12.2 Å². The van der Waals surface area contributed by atoms with E-state index in [0.29, 0.717) is 19.3 Å². The number of likely N-dealkylation sites (tertiary alicyclic amines) is 1. The first-order valence-electron chi connectivity index (χ1n) is 9.71. The molecule has 2 amide bonds. The SMILES string of the molecule is CC(C)C[C@H](C(=O)OC1CCCCC1)N1C(=O)[C@@H]2CC=CC[C@H]2C1=O. The fraction of sp³-hybridized carbons (Fsp3) is 0.750. The Bertz CT molecular complexity index is 536. The second kappa shape index (κ2) is 7.71. The van der Waals surface area contributed by atoms with Crippen LogP contribution in [0.1, 0.15) is 65.2 Å². The van der Waals surface area contributed by atoms with Crippen LogP contribution in [0.4, 0.5) is 0 Å². The fourth-order valence-electron chi connectivity index (χ4n) is 4.31. The average molecular weight is 347 g/mol. The summed E-state index contributed by atoms with van der Waals surface area (Å²) in [6.07, 6.45) is 10.6. The smallest absolute Gasteiger partial charge is 0.329 e. The van der Waals surface area contributed by atoms with E-state index in [9.17, 15) is 14.4 Å². The Balaban J connectivity index is 1.76. The van der Waals surface area contributed by atoms with E-state index in [4.69, 9.17) is 4.74 Å². The third-order valence-corrected chi connectivity index (χ3v) is 5.66. The van der Waals surface area contributed by atoms with E-state index in [1.165, 1.54) is 11.3 Å². The fourth-order valence-corrected chi connectivity index (χ4v) is 4.31. The van der Waals surface area contributed by atoms with Gasteiger partial charge >= 0.3 is 5.97 Å². The third-order valence-electron chi connectivity index (χ3n) is 5.66. The van der Waals surface area contributed by atoms with Crippen LogP contribution in [0, 0.1) is 17.8 Å². The van der Waals surface area contributed by atoms with Crippen LogP contribution in [0.5, 0.6) is 0 Å². The summed E-state index contributed by atoms with van der Waals surface area (Å²) in [6.45, 7) is 4.00. The summed E-state index contributed by atoms with van der Waals surface area (Å²) < 4.78 is 5.72. The van der Waals surface area contributed by atoms with Crippen molar-refractivity contribution >= 4 is 17.8 Å². The maximum absolute atomic E-state index is 12.8. The number of ether oxygens (including phenoxy) is 1. The lowest BCUT2D eigenvalue weighted by Crippen LogP contribution is -2.48. The van der Waals surface area contributed by atoms with E-state index in [0.717, 1.165) is 25.7 Å². The van der Waals surface area contributed by atoms with Crippen LogP contribution < -0.4 is 0 Å². The number of rotatable bonds is 5. The first kappa shape index (κ1) is 18.2. The zero-order valence-electron chi connectivity index (χ0n) is 15.3. The van der Waals surface area contributed by atoms with Gasteiger partial charge < -0.3 is 4.74 Å². The Morgan fingerprint density at radius 1 is 1.08 bits per heavy atom. The Labute approximate surface area is 149 Å². The molecule has 0 unspecified atom stereocenters. The molecule has 3 atom stereocenters. The van der Waals surface area contributed by atoms with E-state index in [1.807, 2.05) is 26.0 Å². The second-order valence-corrected chi connectivity index (χ2v) is 8.04. The van der Waals surface area contributed by atoms with Gasteiger partial charge in [0, 0.05) is 0 Å². The zero-order chi connectivity index (χ0) is 18.0. The predicted molar refractivity (Wildman–Crippen MR) is 93.4 cm³/mol. The molecule has 1 aliphatic heterocycles. The molecule has 0 spiro atoms. The van der Waals surface area contributed by atoms with Crippen LogP contribution in [-0.2, 0) is 19.1 Å². The van der Waals surface area contributed by atoms with Crippen LogP contribution in [0.25, 0.3) is 0 Å². The first-order valence-corrected chi connectivity index (χ1v) is 9.71. The van der Waals surface area contributed by atoms with Gasteiger partial charge in [0.05, 0.1) is 11.8 Å². The van der Waals surface area contributed by atoms with Crippen LogP contribution in [0.3, 0.4) is 0 Å². The minimum Gasteiger partial charge on any atom is -0.461 e. The van der Waals surface area contributed by atoms with Crippen molar-refractivity contribution in [1.29, 1.82) is 0 Å². The van der Waals surface area contributed by atoms with E-state index in [-0.39, 0.29) is 35.7 Å². The maximum Gasteiger partial charge on any atom is 0.329 e. The average Bonchev–Trinajstić information content (AvgIpc) is 2.85. The minimum atomic E-state index is -0.771. The Kier molecular flexibility index (Phi) is 5.60. The molecule has 3 aliphatic rings. The number of hydrogen-bond acceptors (Lipinski definition) is 4. The van der Waals surface area contributed by atoms with Crippen LogP contribution in [0.15, 0.2) is 12.2 Å². The number of carbonyl (C=O) groups is 3. The van der Waals surface area contributed by atoms with Crippen molar-refractivity contribution in [2.45, 2.75) is 77.4 Å². The molecule has 1 saturated heterocycles. The van der Waals surface area contributed by atoms with Gasteiger partial charge in [0.2, 0.25) is 11.8 Å². The van der Waals surface area contributed by atoms with Crippen molar-refractivity contribution in [3.63, 3.8) is 0 Å². The van der Waals surface area contributed by atoms with Gasteiger partial charge in [-0.05, 0) is 50.9 Å². The monoisotopic (exact) mass is 347 g/mol. The van der Waals surface area contributed by atoms with Crippen LogP contribution >= 0.6 is 0 Å². The number of hydrogen-bond donors (Lipinski definition) is 0. The van der Waals surface area contributed by atoms with Gasteiger partial charge in [-0.2, -0.15) is 0 Å². The van der Waals surface area contributed by atoms with Crippen molar-refractivity contribution in [2.75, 3.05) is 0 Å². The van der Waals surface area contributed by atoms with E-state index < -0.39 is 12.0 Å². The van der Waals surface area contributed by atoms with Gasteiger partial charge in [-0.1, -0.05) is 32.4 Å². The van der Waals surface area contributed by atoms with Gasteiger partial charge in [0.15, 0.2) is 0 Å². The van der Waals surface area contributed by atoms with Gasteiger partial charge in [-0.25, -0.2) is 4.79 Å². The number of amides is 2. The molecule has 138 valence electrons. The number of fused-ring (bicyclic) bond motifs is 1. The molecule has 1 saturated carbocycles. The molecular formula is C20H29NO4. The topological polar surface area (TPSA) is 63.7 Å². The summed E-state index contributed by atoms with van der Waals surface area (Å²) >= 11 is 0. The number of imide groups is 1. The number of carbonyl (C=O) groups excluding carboxylic acids is 3. The molecule has 0 radical (unpaired) electrons. The molecule has 5 nitrogen and oxygen atoms in total. The molecule has 0 bridgehead atoms. The third kappa shape index (κ3) is 3.80. The lowest BCUT2D eigenvalue weighted by atomic mass is 9.85. The molecule has 1 heterocycles. The Hall–Kier alpha value is -1.65. The minimum absolute atomic E-state index is 0.0623. The largest absolute Gasteiger partial charge is 0.461 e. The highest BCUT2D eigenvalue weighted by atomic mass is 16.5. The van der Waals surface area contributed by atoms with Gasteiger partial charge in [0.25, 0.3) is 0 Å². The summed E-state index contributed by atoms with van der Waals surface area (Å²) in [7, 11) is 0. The van der Waals surface area contributed by atoms with Crippen molar-refractivity contribution in [2.24, 2.45) is 17.8 Å². The lowest BCUT2D eigenvalue weighted by molar-refractivity contribution is -0.164. The molecule has 0 aromatic rings. The van der Waals surface area contributed by atoms with E-state index >= 15 is 0 Å². The molecule has 0 aromatic heterocycles. The molecular weight excluding hydrogens is 318 g/mol. The highest BCUT2D eigenvalue weighted by molar-refractivity contribution is 6.08. The predicted octanol–water partition coefficient (Wildman–Crippen LogP) is 3.23. The van der Waals surface area contributed by atoms with E-state index in [1.54, 1.807) is 0 Å². The van der Waals surface area contributed by atoms with Gasteiger partial charge in [-0.3, -0.25) is 14.5 Å². The van der Waals surface area contributed by atoms with Crippen LogP contribution in [-0.4, -0.2) is 34.8 Å². The molecule has 0 N–H and O–H groups in total. The summed E-state index contributed by atoms with van der Waals surface area (Å²) in [6, 6.07) is -0.771. The quantitative estimate of drug-likeness (QED) is 0.435. The second-order valence-electron chi connectivity index (χ2n) is 8.04. The van der Waals surface area contributed by atoms with Gasteiger partial charge in [0.1, 0.15) is 12.1 Å². The summed E-state index contributed by atoms with van der Waals surface area (Å²) in [5, 5.41) is 0. The number of nitrogens with zero attached hydrogens (tertiary/aromatic N) is 1. The zero-order valence-corrected chi connectivity index (χ0v) is 15.3. The maximum atomic E-state index is 12.8. The standard InChI is InChI=1S/C20H29NO4/c1-13(2)12-17(20(24)25-14-8-4-3-5-9-14)21-18(22)15-10-6-7-11-16(15)19(21)23/h6-7,13-17H,3-5,8-12H2,1-2H3/t15-,16-,17-/m1/s1. The highest BCUT2D eigenvalue weighted by Gasteiger charge is 2.51. The van der Waals surface area contributed by atoms with Crippen molar-refractivity contribution in [1.82, 2.24) is 4.90 Å². The van der Waals surface area contributed by atoms with Gasteiger partial charge in [-0.15, -0.1) is 0 Å². The van der Waals surface area contributed by atoms with E-state index in [2.05, 4.69) is 0 Å². The van der Waals surface area contributed by atoms with Crippen LogP contribution in [0.2, 0.25) is 0 Å². The lowest BCUT2D eigenvalue weighted by Gasteiger charge is -2.29.